The molecule has 18 aromatic rings. The number of fused-ring (bicyclic) bond motifs is 12. The van der Waals surface area contributed by atoms with Gasteiger partial charge in [0.2, 0.25) is 0 Å². The van der Waals surface area contributed by atoms with Crippen LogP contribution < -0.4 is 0 Å². The zero-order valence-corrected chi connectivity index (χ0v) is 50.9. The molecule has 11 aromatic carbocycles. The van der Waals surface area contributed by atoms with Gasteiger partial charge >= 0.3 is 0 Å². The van der Waals surface area contributed by atoms with Crippen LogP contribution in [-0.4, -0.2) is 38.2 Å². The molecule has 0 saturated heterocycles. The van der Waals surface area contributed by atoms with Crippen molar-refractivity contribution in [1.29, 1.82) is 21.0 Å². The molecule has 0 saturated carbocycles. The molecule has 0 atom stereocenters. The fourth-order valence-electron chi connectivity index (χ4n) is 14.5. The summed E-state index contributed by atoms with van der Waals surface area (Å²) >= 11 is 0. The van der Waals surface area contributed by atoms with Crippen molar-refractivity contribution in [1.82, 2.24) is 38.2 Å². The molecule has 0 aliphatic heterocycles. The minimum Gasteiger partial charge on any atom is -0.309 e. The molecule has 7 aromatic heterocycles. The van der Waals surface area contributed by atoms with Crippen molar-refractivity contribution >= 4 is 87.2 Å². The van der Waals surface area contributed by atoms with Crippen molar-refractivity contribution in [3.63, 3.8) is 0 Å². The number of hydrogen-bond acceptors (Lipinski definition) is 8. The standard InChI is InChI=1S/C84H46N12/c85-45-51-22-30-76-64(38-51)58-14-4-8-18-72(58)93(76)80-34-36-89-49-68(80)62-28-26-56(42-82(62)95-74-20-10-6-16-60(74)66-40-53(47-87)24-32-78(66)95)71-44-70(55-12-2-1-3-13-55)91-84(92-71)57-27-29-63(83(43-57)96-75-21-11-7-17-61(75)67-41-54(48-88)25-33-79(67)96)69-50-90-37-35-81(69)94-73-19-9-5-15-59(73)65-39-52(46-86)23-31-77(65)94/h1-44,49-50H. The van der Waals surface area contributed by atoms with Gasteiger partial charge in [-0.1, -0.05) is 127 Å². The van der Waals surface area contributed by atoms with Gasteiger partial charge in [-0.3, -0.25) is 9.97 Å². The van der Waals surface area contributed by atoms with E-state index in [-0.39, 0.29) is 0 Å². The summed E-state index contributed by atoms with van der Waals surface area (Å²) in [7, 11) is 0. The summed E-state index contributed by atoms with van der Waals surface area (Å²) in [5.41, 5.74) is 20.7. The SMILES string of the molecule is N#Cc1ccc2c(c1)c1ccccc1n2-c1ccncc1-c1ccc(-c2cc(-c3ccccc3)nc(-c3ccc(-c4cnccc4-n4c5ccccc5c5cc(C#N)ccc54)c(-n4c5ccccc5c5cc(C#N)ccc54)c3)n2)cc1-n1c2ccccc2c2cc(C#N)ccc21. The topological polar surface area (TPSA) is 166 Å². The Bertz CT molecular complexity index is 6160. The Morgan fingerprint density at radius 3 is 0.979 bits per heavy atom. The molecule has 0 radical (unpaired) electrons. The van der Waals surface area contributed by atoms with Crippen molar-refractivity contribution < 1.29 is 0 Å². The highest BCUT2D eigenvalue weighted by Crippen LogP contribution is 2.46. The van der Waals surface area contributed by atoms with Crippen molar-refractivity contribution in [2.24, 2.45) is 0 Å². The third-order valence-electron chi connectivity index (χ3n) is 18.7. The second kappa shape index (κ2) is 21.8. The molecule has 96 heavy (non-hydrogen) atoms. The molecule has 18 rings (SSSR count). The maximum atomic E-state index is 10.3. The second-order valence-corrected chi connectivity index (χ2v) is 23.9. The van der Waals surface area contributed by atoms with Crippen LogP contribution in [0.4, 0.5) is 0 Å². The van der Waals surface area contributed by atoms with E-state index in [0.717, 1.165) is 155 Å². The third kappa shape index (κ3) is 8.52. The third-order valence-corrected chi connectivity index (χ3v) is 18.7. The van der Waals surface area contributed by atoms with Crippen LogP contribution in [0, 0.1) is 45.3 Å². The largest absolute Gasteiger partial charge is 0.309 e. The Kier molecular flexibility index (Phi) is 12.5. The lowest BCUT2D eigenvalue weighted by atomic mass is 9.98. The molecule has 0 fully saturated rings. The lowest BCUT2D eigenvalue weighted by Gasteiger charge is -2.20. The molecule has 0 N–H and O–H groups in total. The monoisotopic (exact) mass is 1220 g/mol. The zero-order chi connectivity index (χ0) is 64.1. The van der Waals surface area contributed by atoms with E-state index in [4.69, 9.17) is 19.9 Å². The molecule has 0 amide bonds. The van der Waals surface area contributed by atoms with E-state index < -0.39 is 0 Å². The summed E-state index contributed by atoms with van der Waals surface area (Å²) < 4.78 is 9.10. The van der Waals surface area contributed by atoms with Crippen molar-refractivity contribution in [2.75, 3.05) is 0 Å². The Balaban J connectivity index is 0.893. The predicted molar refractivity (Wildman–Crippen MR) is 381 cm³/mol. The van der Waals surface area contributed by atoms with Gasteiger partial charge in [-0.05, 0) is 127 Å². The molecule has 0 aliphatic rings. The van der Waals surface area contributed by atoms with E-state index in [1.54, 1.807) is 0 Å². The van der Waals surface area contributed by atoms with Gasteiger partial charge in [0.1, 0.15) is 0 Å². The number of hydrogen-bond donors (Lipinski definition) is 0. The van der Waals surface area contributed by atoms with Gasteiger partial charge < -0.3 is 18.3 Å². The van der Waals surface area contributed by atoms with Gasteiger partial charge in [0, 0.05) is 107 Å². The van der Waals surface area contributed by atoms with E-state index in [9.17, 15) is 21.0 Å². The smallest absolute Gasteiger partial charge is 0.160 e. The fraction of sp³-hybridized carbons (Fsp3) is 0. The highest BCUT2D eigenvalue weighted by molar-refractivity contribution is 6.14. The molecule has 0 aliphatic carbocycles. The highest BCUT2D eigenvalue weighted by Gasteiger charge is 2.26. The van der Waals surface area contributed by atoms with Crippen LogP contribution in [0.15, 0.2) is 280 Å². The number of para-hydroxylation sites is 4. The van der Waals surface area contributed by atoms with Crippen LogP contribution in [0.25, 0.3) is 166 Å². The molecule has 0 unspecified atom stereocenters. The quantitative estimate of drug-likeness (QED) is 0.138. The van der Waals surface area contributed by atoms with Gasteiger partial charge in [0.25, 0.3) is 0 Å². The first-order valence-corrected chi connectivity index (χ1v) is 31.3. The van der Waals surface area contributed by atoms with E-state index >= 15 is 0 Å². The Hall–Kier alpha value is -14.0. The molecular formula is C84H46N12. The molecule has 442 valence electrons. The van der Waals surface area contributed by atoms with Gasteiger partial charge in [-0.15, -0.1) is 0 Å². The molecule has 12 nitrogen and oxygen atoms in total. The van der Waals surface area contributed by atoms with Gasteiger partial charge in [0.05, 0.1) is 125 Å². The lowest BCUT2D eigenvalue weighted by Crippen LogP contribution is -2.04. The average Bonchev–Trinajstić information content (AvgIpc) is 1.51. The first-order chi connectivity index (χ1) is 47.4. The number of aromatic nitrogens is 8. The van der Waals surface area contributed by atoms with E-state index in [1.807, 2.05) is 164 Å². The first kappa shape index (κ1) is 54.9. The number of nitriles is 4. The van der Waals surface area contributed by atoms with Crippen LogP contribution in [0.5, 0.6) is 0 Å². The summed E-state index contributed by atoms with van der Waals surface area (Å²) in [5.74, 6) is 0.487. The van der Waals surface area contributed by atoms with Crippen LogP contribution in [0.2, 0.25) is 0 Å². The molecule has 7 heterocycles. The Morgan fingerprint density at radius 1 is 0.250 bits per heavy atom. The summed E-state index contributed by atoms with van der Waals surface area (Å²) in [5, 5.41) is 48.6. The molecule has 0 spiro atoms. The Morgan fingerprint density at radius 2 is 0.583 bits per heavy atom. The maximum Gasteiger partial charge on any atom is 0.160 e. The molecular weight excluding hydrogens is 1180 g/mol. The average molecular weight is 1220 g/mol. The van der Waals surface area contributed by atoms with Gasteiger partial charge in [0.15, 0.2) is 5.82 Å². The van der Waals surface area contributed by atoms with Crippen LogP contribution >= 0.6 is 0 Å². The number of benzene rings is 11. The summed E-state index contributed by atoms with van der Waals surface area (Å²) in [6.07, 6.45) is 7.50. The lowest BCUT2D eigenvalue weighted by molar-refractivity contribution is 1.13. The normalized spacial score (nSPS) is 11.5. The minimum absolute atomic E-state index is 0.487. The minimum atomic E-state index is 0.487. The Labute approximate surface area is 548 Å². The van der Waals surface area contributed by atoms with Gasteiger partial charge in [-0.25, -0.2) is 9.97 Å². The van der Waals surface area contributed by atoms with Crippen LogP contribution in [0.1, 0.15) is 22.3 Å². The van der Waals surface area contributed by atoms with E-state index in [0.29, 0.717) is 33.8 Å². The fourth-order valence-corrected chi connectivity index (χ4v) is 14.5. The highest BCUT2D eigenvalue weighted by atomic mass is 15.0. The second-order valence-electron chi connectivity index (χ2n) is 23.9. The number of pyridine rings is 2. The van der Waals surface area contributed by atoms with Crippen molar-refractivity contribution in [3.05, 3.63) is 302 Å². The van der Waals surface area contributed by atoms with Crippen LogP contribution in [-0.2, 0) is 0 Å². The zero-order valence-electron chi connectivity index (χ0n) is 50.9. The number of nitrogens with zero attached hydrogens (tertiary/aromatic N) is 12. The van der Waals surface area contributed by atoms with Crippen molar-refractivity contribution in [2.45, 2.75) is 0 Å². The predicted octanol–water partition coefficient (Wildman–Crippen LogP) is 19.5. The summed E-state index contributed by atoms with van der Waals surface area (Å²) in [6.45, 7) is 0. The van der Waals surface area contributed by atoms with Crippen molar-refractivity contribution in [3.8, 4) is 103 Å². The van der Waals surface area contributed by atoms with E-state index in [1.165, 1.54) is 0 Å². The van der Waals surface area contributed by atoms with Crippen LogP contribution in [0.3, 0.4) is 0 Å². The molecule has 12 heteroatoms. The number of rotatable bonds is 9. The van der Waals surface area contributed by atoms with Gasteiger partial charge in [-0.2, -0.15) is 21.0 Å². The molecule has 0 bridgehead atoms. The van der Waals surface area contributed by atoms with E-state index in [2.05, 4.69) is 158 Å². The summed E-state index contributed by atoms with van der Waals surface area (Å²) in [6, 6.07) is 95.4. The first-order valence-electron chi connectivity index (χ1n) is 31.3. The maximum absolute atomic E-state index is 10.3. The summed E-state index contributed by atoms with van der Waals surface area (Å²) in [4.78, 5) is 20.8.